The molecule has 8 nitrogen and oxygen atoms in total. The Morgan fingerprint density at radius 1 is 1.11 bits per heavy atom. The number of aryl methyl sites for hydroxylation is 1. The fourth-order valence-electron chi connectivity index (χ4n) is 2.67. The lowest BCUT2D eigenvalue weighted by Gasteiger charge is -2.12. The van der Waals surface area contributed by atoms with Crippen LogP contribution in [0.2, 0.25) is 0 Å². The maximum Gasteiger partial charge on any atom is 0.274 e. The molecule has 2 aromatic heterocycles. The molecular formula is C20H21N5O3. The van der Waals surface area contributed by atoms with Crippen molar-refractivity contribution in [1.82, 2.24) is 20.5 Å². The van der Waals surface area contributed by atoms with E-state index < -0.39 is 17.9 Å². The van der Waals surface area contributed by atoms with Gasteiger partial charge in [0.25, 0.3) is 11.8 Å². The third kappa shape index (κ3) is 5.01. The molecule has 0 fully saturated rings. The summed E-state index contributed by atoms with van der Waals surface area (Å²) in [5, 5.41) is 21.8. The normalized spacial score (nSPS) is 11.6. The molecule has 2 amide bonds. The Morgan fingerprint density at radius 3 is 2.64 bits per heavy atom. The van der Waals surface area contributed by atoms with Gasteiger partial charge in [-0.25, -0.2) is 4.98 Å². The summed E-state index contributed by atoms with van der Waals surface area (Å²) in [6, 6.07) is 14.6. The van der Waals surface area contributed by atoms with E-state index in [1.54, 1.807) is 25.1 Å². The van der Waals surface area contributed by atoms with E-state index in [-0.39, 0.29) is 23.6 Å². The van der Waals surface area contributed by atoms with Crippen molar-refractivity contribution in [1.29, 1.82) is 0 Å². The molecule has 3 rings (SSSR count). The number of nitrogens with one attached hydrogen (secondary N) is 3. The second kappa shape index (κ2) is 8.92. The number of nitrogens with zero attached hydrogens (tertiary/aromatic N) is 2. The van der Waals surface area contributed by atoms with Gasteiger partial charge in [-0.3, -0.25) is 14.7 Å². The van der Waals surface area contributed by atoms with Crippen LogP contribution >= 0.6 is 0 Å². The number of carbonyl (C=O) groups is 2. The van der Waals surface area contributed by atoms with E-state index in [0.717, 1.165) is 5.56 Å². The molecule has 0 saturated heterocycles. The molecule has 28 heavy (non-hydrogen) atoms. The molecule has 4 N–H and O–H groups in total. The van der Waals surface area contributed by atoms with Crippen molar-refractivity contribution in [2.24, 2.45) is 0 Å². The van der Waals surface area contributed by atoms with Crippen molar-refractivity contribution in [2.45, 2.75) is 19.4 Å². The number of benzene rings is 1. The molecule has 8 heteroatoms. The summed E-state index contributed by atoms with van der Waals surface area (Å²) >= 11 is 0. The molecule has 1 atom stereocenters. The lowest BCUT2D eigenvalue weighted by Crippen LogP contribution is -2.34. The number of rotatable bonds is 7. The molecule has 2 heterocycles. The zero-order chi connectivity index (χ0) is 19.9. The largest absolute Gasteiger partial charge is 0.391 e. The van der Waals surface area contributed by atoms with Crippen LogP contribution in [0.15, 0.2) is 54.7 Å². The Bertz CT molecular complexity index is 955. The van der Waals surface area contributed by atoms with Gasteiger partial charge in [-0.2, -0.15) is 5.10 Å². The minimum atomic E-state index is -0.736. The molecule has 0 bridgehead atoms. The Morgan fingerprint density at radius 2 is 1.89 bits per heavy atom. The second-order valence-corrected chi connectivity index (χ2v) is 6.32. The smallest absolute Gasteiger partial charge is 0.274 e. The first kappa shape index (κ1) is 19.2. The molecule has 144 valence electrons. The fourth-order valence-corrected chi connectivity index (χ4v) is 2.67. The summed E-state index contributed by atoms with van der Waals surface area (Å²) in [6.07, 6.45) is 1.10. The predicted octanol–water partition coefficient (Wildman–Crippen LogP) is 1.70. The molecule has 0 aliphatic rings. The van der Waals surface area contributed by atoms with Crippen molar-refractivity contribution >= 4 is 17.5 Å². The number of carbonyl (C=O) groups excluding carboxylic acids is 2. The number of amides is 2. The monoisotopic (exact) mass is 379 g/mol. The summed E-state index contributed by atoms with van der Waals surface area (Å²) in [7, 11) is 0. The highest BCUT2D eigenvalue weighted by atomic mass is 16.3. The minimum Gasteiger partial charge on any atom is -0.391 e. The van der Waals surface area contributed by atoms with Gasteiger partial charge in [0.1, 0.15) is 5.69 Å². The van der Waals surface area contributed by atoms with Gasteiger partial charge >= 0.3 is 0 Å². The number of aliphatic hydroxyl groups is 1. The third-order valence-electron chi connectivity index (χ3n) is 4.04. The summed E-state index contributed by atoms with van der Waals surface area (Å²) in [6.45, 7) is 1.85. The average Bonchev–Trinajstić information content (AvgIpc) is 3.15. The summed E-state index contributed by atoms with van der Waals surface area (Å²) in [5.74, 6) is -0.941. The Balaban J connectivity index is 1.58. The number of aromatic amines is 1. The van der Waals surface area contributed by atoms with Crippen LogP contribution in [0.1, 0.15) is 32.2 Å². The first-order valence-electron chi connectivity index (χ1n) is 8.82. The van der Waals surface area contributed by atoms with E-state index in [1.807, 2.05) is 30.3 Å². The lowest BCUT2D eigenvalue weighted by atomic mass is 10.1. The molecule has 0 radical (unpaired) electrons. The van der Waals surface area contributed by atoms with Gasteiger partial charge in [0, 0.05) is 24.9 Å². The van der Waals surface area contributed by atoms with Gasteiger partial charge in [-0.15, -0.1) is 0 Å². The first-order valence-corrected chi connectivity index (χ1v) is 8.82. The van der Waals surface area contributed by atoms with Crippen LogP contribution in [0.5, 0.6) is 0 Å². The zero-order valence-electron chi connectivity index (χ0n) is 15.3. The van der Waals surface area contributed by atoms with E-state index in [0.29, 0.717) is 12.1 Å². The van der Waals surface area contributed by atoms with Crippen molar-refractivity contribution in [3.63, 3.8) is 0 Å². The number of H-pyrrole nitrogens is 1. The molecule has 0 aliphatic heterocycles. The highest BCUT2D eigenvalue weighted by Crippen LogP contribution is 2.13. The van der Waals surface area contributed by atoms with Crippen LogP contribution in [0, 0.1) is 6.92 Å². The van der Waals surface area contributed by atoms with E-state index in [1.165, 1.54) is 6.20 Å². The molecule has 0 saturated carbocycles. The maximum absolute atomic E-state index is 12.4. The van der Waals surface area contributed by atoms with Crippen molar-refractivity contribution < 1.29 is 14.7 Å². The molecule has 0 spiro atoms. The van der Waals surface area contributed by atoms with Gasteiger partial charge in [0.15, 0.2) is 5.69 Å². The lowest BCUT2D eigenvalue weighted by molar-refractivity contribution is 0.0912. The zero-order valence-corrected chi connectivity index (χ0v) is 15.3. The number of hydrogen-bond acceptors (Lipinski definition) is 5. The van der Waals surface area contributed by atoms with Gasteiger partial charge in [-0.1, -0.05) is 36.4 Å². The maximum atomic E-state index is 12.4. The fraction of sp³-hybridized carbons (Fsp3) is 0.200. The Hall–Kier alpha value is -3.52. The Kier molecular flexibility index (Phi) is 6.13. The topological polar surface area (TPSA) is 120 Å². The van der Waals surface area contributed by atoms with Crippen LogP contribution in [0.4, 0.5) is 5.69 Å². The number of pyridine rings is 1. The highest BCUT2D eigenvalue weighted by molar-refractivity contribution is 6.07. The molecule has 0 aliphatic carbocycles. The highest BCUT2D eigenvalue weighted by Gasteiger charge is 2.18. The molecular weight excluding hydrogens is 358 g/mol. The SMILES string of the molecule is Cc1cccc(C(=O)Nc2c[nH]nc2C(=O)NCC(O)Cc2ccccc2)n1. The summed E-state index contributed by atoms with van der Waals surface area (Å²) in [5.41, 5.74) is 2.20. The van der Waals surface area contributed by atoms with Gasteiger partial charge < -0.3 is 15.7 Å². The number of hydrogen-bond donors (Lipinski definition) is 4. The second-order valence-electron chi connectivity index (χ2n) is 6.32. The van der Waals surface area contributed by atoms with E-state index in [9.17, 15) is 14.7 Å². The van der Waals surface area contributed by atoms with Crippen molar-refractivity contribution in [3.8, 4) is 0 Å². The number of aliphatic hydroxyl groups excluding tert-OH is 1. The van der Waals surface area contributed by atoms with Gasteiger partial charge in [0.2, 0.25) is 0 Å². The van der Waals surface area contributed by atoms with Crippen molar-refractivity contribution in [2.75, 3.05) is 11.9 Å². The summed E-state index contributed by atoms with van der Waals surface area (Å²) < 4.78 is 0. The van der Waals surface area contributed by atoms with Crippen LogP contribution in [0.25, 0.3) is 0 Å². The molecule has 1 unspecified atom stereocenters. The Labute approximate surface area is 162 Å². The average molecular weight is 379 g/mol. The predicted molar refractivity (Wildman–Crippen MR) is 104 cm³/mol. The quantitative estimate of drug-likeness (QED) is 0.498. The van der Waals surface area contributed by atoms with Crippen LogP contribution in [-0.2, 0) is 6.42 Å². The van der Waals surface area contributed by atoms with E-state index in [4.69, 9.17) is 0 Å². The standard InChI is InChI=1S/C20H21N5O3/c1-13-6-5-9-16(23-13)19(27)24-17-12-22-25-18(17)20(28)21-11-15(26)10-14-7-3-2-4-8-14/h2-9,12,15,26H,10-11H2,1H3,(H,21,28)(H,22,25)(H,24,27). The minimum absolute atomic E-state index is 0.0351. The van der Waals surface area contributed by atoms with Gasteiger partial charge in [0.05, 0.1) is 11.8 Å². The third-order valence-corrected chi connectivity index (χ3v) is 4.04. The van der Waals surface area contributed by atoms with E-state index in [2.05, 4.69) is 25.8 Å². The number of anilines is 1. The van der Waals surface area contributed by atoms with Crippen LogP contribution < -0.4 is 10.6 Å². The molecule has 1 aromatic carbocycles. The van der Waals surface area contributed by atoms with Crippen LogP contribution in [-0.4, -0.2) is 44.8 Å². The van der Waals surface area contributed by atoms with Gasteiger partial charge in [-0.05, 0) is 24.6 Å². The number of aromatic nitrogens is 3. The molecule has 3 aromatic rings. The van der Waals surface area contributed by atoms with Crippen molar-refractivity contribution in [3.05, 3.63) is 77.4 Å². The van der Waals surface area contributed by atoms with Crippen LogP contribution in [0.3, 0.4) is 0 Å². The summed E-state index contributed by atoms with van der Waals surface area (Å²) in [4.78, 5) is 28.9. The first-order chi connectivity index (χ1) is 13.5. The van der Waals surface area contributed by atoms with E-state index >= 15 is 0 Å².